The first-order chi connectivity index (χ1) is 12.1. The molecule has 2 aromatic rings. The Labute approximate surface area is 148 Å². The fourth-order valence-corrected chi connectivity index (χ4v) is 2.97. The van der Waals surface area contributed by atoms with E-state index in [-0.39, 0.29) is 5.91 Å². The van der Waals surface area contributed by atoms with Crippen LogP contribution in [0.1, 0.15) is 16.1 Å². The Bertz CT molecular complexity index is 708. The van der Waals surface area contributed by atoms with Gasteiger partial charge in [0.15, 0.2) is 0 Å². The molecule has 1 fully saturated rings. The summed E-state index contributed by atoms with van der Waals surface area (Å²) in [5.41, 5.74) is 7.99. The molecular weight excluding hydrogens is 314 g/mol. The topological polar surface area (TPSA) is 74.5 Å². The van der Waals surface area contributed by atoms with Gasteiger partial charge in [-0.05, 0) is 43.3 Å². The summed E-state index contributed by atoms with van der Waals surface area (Å²) in [5.74, 6) is 0.999. The van der Waals surface area contributed by atoms with Gasteiger partial charge in [-0.3, -0.25) is 9.69 Å². The maximum Gasteiger partial charge on any atom is 0.251 e. The Morgan fingerprint density at radius 1 is 1.12 bits per heavy atom. The number of nitrogens with zero attached hydrogens (tertiary/aromatic N) is 3. The third kappa shape index (κ3) is 4.70. The van der Waals surface area contributed by atoms with Crippen molar-refractivity contribution >= 4 is 17.4 Å². The van der Waals surface area contributed by atoms with Gasteiger partial charge in [0.25, 0.3) is 5.91 Å². The molecule has 3 rings (SSSR count). The second kappa shape index (κ2) is 7.98. The molecule has 1 amide bonds. The molecule has 0 saturated carbocycles. The first-order valence-corrected chi connectivity index (χ1v) is 8.66. The van der Waals surface area contributed by atoms with Gasteiger partial charge in [0, 0.05) is 56.2 Å². The number of hydrogen-bond donors (Lipinski definition) is 2. The van der Waals surface area contributed by atoms with Gasteiger partial charge >= 0.3 is 0 Å². The number of anilines is 2. The zero-order valence-corrected chi connectivity index (χ0v) is 14.6. The predicted molar refractivity (Wildman–Crippen MR) is 101 cm³/mol. The lowest BCUT2D eigenvalue weighted by molar-refractivity contribution is 0.0948. The molecule has 1 aromatic carbocycles. The van der Waals surface area contributed by atoms with E-state index in [0.717, 1.165) is 44.2 Å². The molecule has 6 heteroatoms. The summed E-state index contributed by atoms with van der Waals surface area (Å²) >= 11 is 0. The second-order valence-electron chi connectivity index (χ2n) is 6.34. The lowest BCUT2D eigenvalue weighted by Gasteiger charge is -2.35. The molecule has 0 radical (unpaired) electrons. The number of aryl methyl sites for hydroxylation is 1. The predicted octanol–water partition coefficient (Wildman–Crippen LogP) is 1.52. The molecule has 1 saturated heterocycles. The molecule has 0 aliphatic carbocycles. The Morgan fingerprint density at radius 2 is 1.84 bits per heavy atom. The van der Waals surface area contributed by atoms with Crippen molar-refractivity contribution in [3.63, 3.8) is 0 Å². The molecule has 3 N–H and O–H groups in total. The molecule has 0 unspecified atom stereocenters. The van der Waals surface area contributed by atoms with Crippen molar-refractivity contribution in [2.75, 3.05) is 49.9 Å². The Kier molecular flexibility index (Phi) is 5.50. The van der Waals surface area contributed by atoms with Gasteiger partial charge in [-0.1, -0.05) is 6.07 Å². The first kappa shape index (κ1) is 17.2. The molecule has 1 aromatic heterocycles. The summed E-state index contributed by atoms with van der Waals surface area (Å²) in [6.45, 7) is 7.40. The monoisotopic (exact) mass is 339 g/mol. The zero-order chi connectivity index (χ0) is 17.6. The van der Waals surface area contributed by atoms with E-state index in [2.05, 4.69) is 32.2 Å². The molecule has 0 atom stereocenters. The van der Waals surface area contributed by atoms with E-state index in [0.29, 0.717) is 17.8 Å². The van der Waals surface area contributed by atoms with Crippen LogP contribution in [0.25, 0.3) is 0 Å². The zero-order valence-electron chi connectivity index (χ0n) is 14.6. The number of hydrogen-bond acceptors (Lipinski definition) is 5. The smallest absolute Gasteiger partial charge is 0.251 e. The van der Waals surface area contributed by atoms with Gasteiger partial charge in [0.2, 0.25) is 0 Å². The van der Waals surface area contributed by atoms with E-state index in [4.69, 9.17) is 5.73 Å². The molecule has 0 bridgehead atoms. The maximum absolute atomic E-state index is 12.1. The molecule has 1 aliphatic rings. The van der Waals surface area contributed by atoms with E-state index >= 15 is 0 Å². The number of pyridine rings is 1. The number of carbonyl (C=O) groups excluding carboxylic acids is 1. The minimum Gasteiger partial charge on any atom is -0.399 e. The van der Waals surface area contributed by atoms with Crippen molar-refractivity contribution in [3.8, 4) is 0 Å². The van der Waals surface area contributed by atoms with Crippen LogP contribution in [0.5, 0.6) is 0 Å². The van der Waals surface area contributed by atoms with Gasteiger partial charge in [-0.25, -0.2) is 4.98 Å². The summed E-state index contributed by atoms with van der Waals surface area (Å²) in [7, 11) is 0. The summed E-state index contributed by atoms with van der Waals surface area (Å²) < 4.78 is 0. The minimum absolute atomic E-state index is 0.0532. The summed E-state index contributed by atoms with van der Waals surface area (Å²) in [6, 6.07) is 13.1. The standard InChI is InChI=1S/C19H25N5O/c1-15-3-2-4-18(22-15)24-13-11-23(12-14-24)10-9-21-19(25)16-5-7-17(20)8-6-16/h2-8H,9-14,20H2,1H3,(H,21,25). The van der Waals surface area contributed by atoms with Crippen LogP contribution in [0.4, 0.5) is 11.5 Å². The molecule has 2 heterocycles. The van der Waals surface area contributed by atoms with Crippen molar-refractivity contribution in [2.45, 2.75) is 6.92 Å². The quantitative estimate of drug-likeness (QED) is 0.808. The molecule has 25 heavy (non-hydrogen) atoms. The third-order valence-corrected chi connectivity index (χ3v) is 4.46. The molecule has 6 nitrogen and oxygen atoms in total. The van der Waals surface area contributed by atoms with E-state index in [1.807, 2.05) is 13.0 Å². The number of aromatic nitrogens is 1. The number of carbonyl (C=O) groups is 1. The number of piperazine rings is 1. The summed E-state index contributed by atoms with van der Waals surface area (Å²) in [4.78, 5) is 21.4. The van der Waals surface area contributed by atoms with E-state index in [9.17, 15) is 4.79 Å². The van der Waals surface area contributed by atoms with Crippen LogP contribution in [0.2, 0.25) is 0 Å². The van der Waals surface area contributed by atoms with Crippen molar-refractivity contribution < 1.29 is 4.79 Å². The highest BCUT2D eigenvalue weighted by Gasteiger charge is 2.17. The van der Waals surface area contributed by atoms with Gasteiger partial charge in [0.1, 0.15) is 5.82 Å². The van der Waals surface area contributed by atoms with E-state index in [1.54, 1.807) is 24.3 Å². The van der Waals surface area contributed by atoms with Crippen LogP contribution < -0.4 is 16.0 Å². The van der Waals surface area contributed by atoms with Gasteiger partial charge in [0.05, 0.1) is 0 Å². The minimum atomic E-state index is -0.0532. The lowest BCUT2D eigenvalue weighted by Crippen LogP contribution is -2.48. The van der Waals surface area contributed by atoms with Crippen LogP contribution in [-0.4, -0.2) is 55.1 Å². The Hall–Kier alpha value is -2.60. The van der Waals surface area contributed by atoms with Crippen LogP contribution >= 0.6 is 0 Å². The average Bonchev–Trinajstić information content (AvgIpc) is 2.63. The average molecular weight is 339 g/mol. The largest absolute Gasteiger partial charge is 0.399 e. The molecular formula is C19H25N5O. The highest BCUT2D eigenvalue weighted by atomic mass is 16.1. The lowest BCUT2D eigenvalue weighted by atomic mass is 10.2. The Balaban J connectivity index is 1.40. The third-order valence-electron chi connectivity index (χ3n) is 4.46. The maximum atomic E-state index is 12.1. The highest BCUT2D eigenvalue weighted by Crippen LogP contribution is 2.13. The number of benzene rings is 1. The van der Waals surface area contributed by atoms with Crippen LogP contribution in [-0.2, 0) is 0 Å². The van der Waals surface area contributed by atoms with Gasteiger partial charge < -0.3 is 16.0 Å². The number of nitrogens with one attached hydrogen (secondary N) is 1. The fourth-order valence-electron chi connectivity index (χ4n) is 2.97. The first-order valence-electron chi connectivity index (χ1n) is 8.66. The molecule has 1 aliphatic heterocycles. The number of nitrogens with two attached hydrogens (primary N) is 1. The molecule has 132 valence electrons. The fraction of sp³-hybridized carbons (Fsp3) is 0.368. The van der Waals surface area contributed by atoms with E-state index < -0.39 is 0 Å². The van der Waals surface area contributed by atoms with Crippen molar-refractivity contribution in [1.82, 2.24) is 15.2 Å². The van der Waals surface area contributed by atoms with Crippen molar-refractivity contribution in [1.29, 1.82) is 0 Å². The molecule has 0 spiro atoms. The number of amides is 1. The number of rotatable bonds is 5. The van der Waals surface area contributed by atoms with Crippen LogP contribution in [0.15, 0.2) is 42.5 Å². The van der Waals surface area contributed by atoms with Gasteiger partial charge in [-0.2, -0.15) is 0 Å². The summed E-state index contributed by atoms with van der Waals surface area (Å²) in [6.07, 6.45) is 0. The number of nitrogen functional groups attached to an aromatic ring is 1. The highest BCUT2D eigenvalue weighted by molar-refractivity contribution is 5.94. The summed E-state index contributed by atoms with van der Waals surface area (Å²) in [5, 5.41) is 2.97. The SMILES string of the molecule is Cc1cccc(N2CCN(CCNC(=O)c3ccc(N)cc3)CC2)n1. The second-order valence-corrected chi connectivity index (χ2v) is 6.34. The van der Waals surface area contributed by atoms with Crippen LogP contribution in [0, 0.1) is 6.92 Å². The normalized spacial score (nSPS) is 15.2. The van der Waals surface area contributed by atoms with Crippen molar-refractivity contribution in [2.24, 2.45) is 0 Å². The Morgan fingerprint density at radius 3 is 2.52 bits per heavy atom. The van der Waals surface area contributed by atoms with Crippen molar-refractivity contribution in [3.05, 3.63) is 53.7 Å². The van der Waals surface area contributed by atoms with Crippen LogP contribution in [0.3, 0.4) is 0 Å². The van der Waals surface area contributed by atoms with Gasteiger partial charge in [-0.15, -0.1) is 0 Å². The van der Waals surface area contributed by atoms with E-state index in [1.165, 1.54) is 0 Å².